The molecule has 0 saturated heterocycles. The number of rotatable bonds is 7. The van der Waals surface area contributed by atoms with Crippen LogP contribution in [0, 0.1) is 6.92 Å². The fourth-order valence-corrected chi connectivity index (χ4v) is 6.24. The van der Waals surface area contributed by atoms with Crippen LogP contribution in [0.4, 0.5) is 5.95 Å². The standard InChI is InChI=1S/C30H31N3O3S/c1-22-15-17-25(18-16-22)37(34,35)36-28-26-14-8-9-19-30(27(26)32-29(31)33-28,20-23-10-4-2-5-11-23)21-24-12-6-3-7-13-24/h2-7,10-13,15-18H,8-9,14,19-21H2,1H3,(H2,31,32,33). The van der Waals surface area contributed by atoms with Crippen LogP contribution in [-0.2, 0) is 34.8 Å². The lowest BCUT2D eigenvalue weighted by atomic mass is 9.70. The first-order chi connectivity index (χ1) is 17.8. The summed E-state index contributed by atoms with van der Waals surface area (Å²) in [5.41, 5.74) is 10.7. The van der Waals surface area contributed by atoms with Gasteiger partial charge in [-0.3, -0.25) is 0 Å². The molecule has 2 N–H and O–H groups in total. The SMILES string of the molecule is Cc1ccc(S(=O)(=O)Oc2nc(N)nc3c2CCCCC3(Cc2ccccc2)Cc2ccccc2)cc1. The highest BCUT2D eigenvalue weighted by molar-refractivity contribution is 7.87. The lowest BCUT2D eigenvalue weighted by Crippen LogP contribution is -2.34. The zero-order valence-corrected chi connectivity index (χ0v) is 21.7. The van der Waals surface area contributed by atoms with Gasteiger partial charge in [-0.25, -0.2) is 4.98 Å². The maximum absolute atomic E-state index is 13.2. The Balaban J connectivity index is 1.64. The Labute approximate surface area is 218 Å². The lowest BCUT2D eigenvalue weighted by Gasteiger charge is -2.34. The van der Waals surface area contributed by atoms with Gasteiger partial charge in [0.05, 0.1) is 5.69 Å². The molecule has 1 aliphatic rings. The highest BCUT2D eigenvalue weighted by atomic mass is 32.2. The number of anilines is 1. The number of benzene rings is 3. The Morgan fingerprint density at radius 2 is 1.43 bits per heavy atom. The first kappa shape index (κ1) is 25.0. The van der Waals surface area contributed by atoms with Crippen molar-refractivity contribution in [1.82, 2.24) is 9.97 Å². The second kappa shape index (κ2) is 10.3. The second-order valence-corrected chi connectivity index (χ2v) is 11.4. The molecule has 0 saturated carbocycles. The van der Waals surface area contributed by atoms with E-state index in [-0.39, 0.29) is 16.7 Å². The van der Waals surface area contributed by atoms with Gasteiger partial charge >= 0.3 is 10.1 Å². The molecule has 0 amide bonds. The van der Waals surface area contributed by atoms with E-state index in [0.717, 1.165) is 48.9 Å². The molecule has 1 aromatic heterocycles. The van der Waals surface area contributed by atoms with Crippen molar-refractivity contribution in [2.24, 2.45) is 0 Å². The van der Waals surface area contributed by atoms with Gasteiger partial charge in [-0.2, -0.15) is 13.4 Å². The molecule has 0 aliphatic heterocycles. The average molecular weight is 514 g/mol. The van der Waals surface area contributed by atoms with Crippen molar-refractivity contribution in [1.29, 1.82) is 0 Å². The van der Waals surface area contributed by atoms with Gasteiger partial charge in [-0.05, 0) is 62.3 Å². The summed E-state index contributed by atoms with van der Waals surface area (Å²) < 4.78 is 32.1. The molecular weight excluding hydrogens is 482 g/mol. The monoisotopic (exact) mass is 513 g/mol. The summed E-state index contributed by atoms with van der Waals surface area (Å²) in [6.45, 7) is 1.90. The summed E-state index contributed by atoms with van der Waals surface area (Å²) >= 11 is 0. The van der Waals surface area contributed by atoms with E-state index in [1.807, 2.05) is 43.3 Å². The third-order valence-electron chi connectivity index (χ3n) is 7.09. The zero-order valence-electron chi connectivity index (χ0n) is 20.9. The van der Waals surface area contributed by atoms with Crippen molar-refractivity contribution in [2.75, 3.05) is 5.73 Å². The van der Waals surface area contributed by atoms with Crippen molar-refractivity contribution in [3.05, 3.63) is 113 Å². The van der Waals surface area contributed by atoms with Crippen molar-refractivity contribution >= 4 is 16.1 Å². The summed E-state index contributed by atoms with van der Waals surface area (Å²) in [6.07, 6.45) is 4.86. The minimum atomic E-state index is -4.09. The smallest absolute Gasteiger partial charge is 0.340 e. The number of aryl methyl sites for hydroxylation is 1. The van der Waals surface area contributed by atoms with Crippen LogP contribution in [0.3, 0.4) is 0 Å². The molecule has 0 radical (unpaired) electrons. The van der Waals surface area contributed by atoms with Crippen molar-refractivity contribution < 1.29 is 12.6 Å². The molecule has 7 heteroatoms. The summed E-state index contributed by atoms with van der Waals surface area (Å²) in [5, 5.41) is 0. The van der Waals surface area contributed by atoms with Crippen LogP contribution in [0.5, 0.6) is 5.88 Å². The van der Waals surface area contributed by atoms with E-state index in [9.17, 15) is 8.42 Å². The van der Waals surface area contributed by atoms with E-state index >= 15 is 0 Å². The molecule has 3 aromatic carbocycles. The van der Waals surface area contributed by atoms with E-state index in [1.165, 1.54) is 11.1 Å². The first-order valence-electron chi connectivity index (χ1n) is 12.6. The zero-order chi connectivity index (χ0) is 25.9. The number of nitrogens with zero attached hydrogens (tertiary/aromatic N) is 2. The predicted octanol–water partition coefficient (Wildman–Crippen LogP) is 5.58. The maximum atomic E-state index is 13.2. The first-order valence-corrected chi connectivity index (χ1v) is 14.0. The van der Waals surface area contributed by atoms with Crippen LogP contribution in [-0.4, -0.2) is 18.4 Å². The fraction of sp³-hybridized carbons (Fsp3) is 0.267. The average Bonchev–Trinajstić information content (AvgIpc) is 3.05. The maximum Gasteiger partial charge on any atom is 0.340 e. The summed E-state index contributed by atoms with van der Waals surface area (Å²) in [4.78, 5) is 9.17. The summed E-state index contributed by atoms with van der Waals surface area (Å²) in [6, 6.07) is 27.3. The minimum Gasteiger partial charge on any atom is -0.368 e. The van der Waals surface area contributed by atoms with Crippen LogP contribution in [0.15, 0.2) is 89.8 Å². The van der Waals surface area contributed by atoms with Gasteiger partial charge in [0.1, 0.15) is 4.90 Å². The van der Waals surface area contributed by atoms with Gasteiger partial charge in [-0.1, -0.05) is 84.8 Å². The van der Waals surface area contributed by atoms with Gasteiger partial charge < -0.3 is 9.92 Å². The normalized spacial score (nSPS) is 14.9. The van der Waals surface area contributed by atoms with Gasteiger partial charge in [0, 0.05) is 11.0 Å². The van der Waals surface area contributed by atoms with Crippen LogP contribution < -0.4 is 9.92 Å². The molecule has 1 heterocycles. The molecule has 0 fully saturated rings. The van der Waals surface area contributed by atoms with Gasteiger partial charge in [0.2, 0.25) is 11.8 Å². The Hall–Kier alpha value is -3.71. The fourth-order valence-electron chi connectivity index (χ4n) is 5.33. The predicted molar refractivity (Wildman–Crippen MR) is 145 cm³/mol. The molecule has 37 heavy (non-hydrogen) atoms. The number of hydrogen-bond acceptors (Lipinski definition) is 6. The van der Waals surface area contributed by atoms with Gasteiger partial charge in [0.15, 0.2) is 0 Å². The highest BCUT2D eigenvalue weighted by Crippen LogP contribution is 2.43. The highest BCUT2D eigenvalue weighted by Gasteiger charge is 2.40. The Kier molecular flexibility index (Phi) is 6.98. The minimum absolute atomic E-state index is 0.0141. The second-order valence-electron chi connectivity index (χ2n) is 9.88. The molecule has 0 unspecified atom stereocenters. The Morgan fingerprint density at radius 1 is 0.838 bits per heavy atom. The van der Waals surface area contributed by atoms with Crippen LogP contribution >= 0.6 is 0 Å². The number of hydrogen-bond donors (Lipinski definition) is 1. The quantitative estimate of drug-likeness (QED) is 0.256. The van der Waals surface area contributed by atoms with Crippen molar-refractivity contribution in [2.45, 2.75) is 55.8 Å². The molecule has 0 spiro atoms. The molecule has 5 rings (SSSR count). The van der Waals surface area contributed by atoms with Crippen molar-refractivity contribution in [3.8, 4) is 5.88 Å². The van der Waals surface area contributed by atoms with Crippen molar-refractivity contribution in [3.63, 3.8) is 0 Å². The lowest BCUT2D eigenvalue weighted by molar-refractivity contribution is 0.369. The van der Waals surface area contributed by atoms with E-state index < -0.39 is 15.5 Å². The molecule has 4 aromatic rings. The van der Waals surface area contributed by atoms with Crippen LogP contribution in [0.1, 0.15) is 47.2 Å². The van der Waals surface area contributed by atoms with Crippen LogP contribution in [0.2, 0.25) is 0 Å². The van der Waals surface area contributed by atoms with E-state index in [0.29, 0.717) is 6.42 Å². The summed E-state index contributed by atoms with van der Waals surface area (Å²) in [5.74, 6) is 0.0516. The number of aromatic nitrogens is 2. The Bertz CT molecular complexity index is 1430. The van der Waals surface area contributed by atoms with E-state index in [4.69, 9.17) is 14.9 Å². The van der Waals surface area contributed by atoms with Gasteiger partial charge in [0.25, 0.3) is 0 Å². The van der Waals surface area contributed by atoms with Crippen LogP contribution in [0.25, 0.3) is 0 Å². The topological polar surface area (TPSA) is 95.2 Å². The molecule has 1 aliphatic carbocycles. The Morgan fingerprint density at radius 3 is 2.03 bits per heavy atom. The molecule has 190 valence electrons. The molecule has 0 bridgehead atoms. The molecular formula is C30H31N3O3S. The number of nitrogen functional groups attached to an aromatic ring is 1. The third-order valence-corrected chi connectivity index (χ3v) is 8.32. The number of nitrogens with two attached hydrogens (primary N) is 1. The van der Waals surface area contributed by atoms with E-state index in [2.05, 4.69) is 29.2 Å². The van der Waals surface area contributed by atoms with E-state index in [1.54, 1.807) is 24.3 Å². The third kappa shape index (κ3) is 5.52. The molecule has 0 atom stereocenters. The van der Waals surface area contributed by atoms with Gasteiger partial charge in [-0.15, -0.1) is 0 Å². The number of fused-ring (bicyclic) bond motifs is 1. The summed E-state index contributed by atoms with van der Waals surface area (Å²) in [7, 11) is -4.09. The largest absolute Gasteiger partial charge is 0.368 e. The molecule has 6 nitrogen and oxygen atoms in total.